The number of aliphatic hydroxyl groups excluding tert-OH is 1. The van der Waals surface area contributed by atoms with Crippen LogP contribution in [0.1, 0.15) is 27.2 Å². The van der Waals surface area contributed by atoms with Gasteiger partial charge in [0.25, 0.3) is 6.43 Å². The second kappa shape index (κ2) is 4.65. The summed E-state index contributed by atoms with van der Waals surface area (Å²) in [5, 5.41) is 8.89. The topological polar surface area (TPSA) is 20.2 Å². The first-order valence-corrected chi connectivity index (χ1v) is 3.91. The van der Waals surface area contributed by atoms with Crippen LogP contribution < -0.4 is 0 Å². The molecule has 0 aromatic rings. The summed E-state index contributed by atoms with van der Waals surface area (Å²) in [7, 11) is 0. The van der Waals surface area contributed by atoms with Crippen molar-refractivity contribution in [1.29, 1.82) is 0 Å². The van der Waals surface area contributed by atoms with Crippen molar-refractivity contribution in [2.24, 2.45) is 11.8 Å². The first-order chi connectivity index (χ1) is 4.95. The molecule has 11 heavy (non-hydrogen) atoms. The van der Waals surface area contributed by atoms with E-state index in [1.54, 1.807) is 6.92 Å². The number of hydrogen-bond donors (Lipinski definition) is 1. The Labute approximate surface area is 66.4 Å². The highest BCUT2D eigenvalue weighted by Crippen LogP contribution is 2.18. The van der Waals surface area contributed by atoms with Crippen molar-refractivity contribution in [3.8, 4) is 0 Å². The lowest BCUT2D eigenvalue weighted by Crippen LogP contribution is -2.26. The van der Waals surface area contributed by atoms with Gasteiger partial charge < -0.3 is 5.11 Å². The van der Waals surface area contributed by atoms with Crippen LogP contribution in [-0.4, -0.2) is 17.6 Å². The molecule has 0 spiro atoms. The van der Waals surface area contributed by atoms with Crippen LogP contribution >= 0.6 is 0 Å². The van der Waals surface area contributed by atoms with Crippen LogP contribution in [0.15, 0.2) is 0 Å². The number of aliphatic hydroxyl groups is 1. The molecule has 1 N–H and O–H groups in total. The van der Waals surface area contributed by atoms with Gasteiger partial charge in [-0.15, -0.1) is 0 Å². The van der Waals surface area contributed by atoms with Gasteiger partial charge in [0.2, 0.25) is 0 Å². The zero-order valence-corrected chi connectivity index (χ0v) is 7.22. The van der Waals surface area contributed by atoms with Gasteiger partial charge in [0.1, 0.15) is 6.10 Å². The lowest BCUT2D eigenvalue weighted by atomic mass is 9.94. The van der Waals surface area contributed by atoms with Crippen molar-refractivity contribution < 1.29 is 13.9 Å². The van der Waals surface area contributed by atoms with Crippen molar-refractivity contribution in [3.63, 3.8) is 0 Å². The van der Waals surface area contributed by atoms with Crippen LogP contribution in [0.3, 0.4) is 0 Å². The Hall–Kier alpha value is -0.180. The van der Waals surface area contributed by atoms with E-state index in [1.807, 2.05) is 13.8 Å². The van der Waals surface area contributed by atoms with Crippen molar-refractivity contribution in [2.45, 2.75) is 39.7 Å². The molecule has 2 atom stereocenters. The number of halogens is 2. The molecule has 3 heteroatoms. The van der Waals surface area contributed by atoms with Crippen molar-refractivity contribution in [1.82, 2.24) is 0 Å². The average Bonchev–Trinajstić information content (AvgIpc) is 1.84. The molecule has 0 fully saturated rings. The van der Waals surface area contributed by atoms with E-state index in [1.165, 1.54) is 0 Å². The fourth-order valence-electron chi connectivity index (χ4n) is 1.13. The van der Waals surface area contributed by atoms with Gasteiger partial charge in [-0.25, -0.2) is 8.78 Å². The quantitative estimate of drug-likeness (QED) is 0.679. The molecule has 0 heterocycles. The molecule has 1 nitrogen and oxygen atoms in total. The van der Waals surface area contributed by atoms with Crippen LogP contribution in [0.2, 0.25) is 0 Å². The molecule has 0 aliphatic carbocycles. The Morgan fingerprint density at radius 1 is 1.18 bits per heavy atom. The summed E-state index contributed by atoms with van der Waals surface area (Å²) in [6.45, 7) is 5.56. The van der Waals surface area contributed by atoms with Gasteiger partial charge in [0.05, 0.1) is 0 Å². The molecule has 0 aliphatic rings. The van der Waals surface area contributed by atoms with Crippen molar-refractivity contribution in [3.05, 3.63) is 0 Å². The highest BCUT2D eigenvalue weighted by atomic mass is 19.3. The molecule has 0 rings (SSSR count). The Bertz CT molecular complexity index is 104. The first kappa shape index (κ1) is 10.8. The zero-order valence-electron chi connectivity index (χ0n) is 7.22. The summed E-state index contributed by atoms with van der Waals surface area (Å²) in [4.78, 5) is 0. The summed E-state index contributed by atoms with van der Waals surface area (Å²) < 4.78 is 23.8. The molecule has 0 aliphatic heterocycles. The molecule has 0 aromatic heterocycles. The van der Waals surface area contributed by atoms with Crippen LogP contribution in [-0.2, 0) is 0 Å². The molecule has 0 saturated heterocycles. The minimum Gasteiger partial charge on any atom is -0.387 e. The highest BCUT2D eigenvalue weighted by Gasteiger charge is 2.24. The Morgan fingerprint density at radius 2 is 1.64 bits per heavy atom. The molecular formula is C8H16F2O. The van der Waals surface area contributed by atoms with Crippen LogP contribution in [0.25, 0.3) is 0 Å². The monoisotopic (exact) mass is 166 g/mol. The predicted molar refractivity (Wildman–Crippen MR) is 40.6 cm³/mol. The minimum atomic E-state index is -2.61. The van der Waals surface area contributed by atoms with E-state index in [-0.39, 0.29) is 5.92 Å². The van der Waals surface area contributed by atoms with Gasteiger partial charge in [0.15, 0.2) is 0 Å². The summed E-state index contributed by atoms with van der Waals surface area (Å²) in [5.74, 6) is 0.0494. The van der Waals surface area contributed by atoms with Crippen LogP contribution in [0, 0.1) is 11.8 Å². The summed E-state index contributed by atoms with van der Waals surface area (Å²) in [5.41, 5.74) is 0. The van der Waals surface area contributed by atoms with Crippen LogP contribution in [0.5, 0.6) is 0 Å². The second-order valence-corrected chi connectivity index (χ2v) is 3.43. The third-order valence-electron chi connectivity index (χ3n) is 1.68. The van der Waals surface area contributed by atoms with E-state index in [4.69, 9.17) is 5.11 Å². The maximum absolute atomic E-state index is 11.9. The Balaban J connectivity index is 3.73. The summed E-state index contributed by atoms with van der Waals surface area (Å²) >= 11 is 0. The predicted octanol–water partition coefficient (Wildman–Crippen LogP) is 2.29. The number of rotatable bonds is 4. The molecule has 0 radical (unpaired) electrons. The Morgan fingerprint density at radius 3 is 1.91 bits per heavy atom. The maximum atomic E-state index is 11.9. The molecule has 0 amide bonds. The number of alkyl halides is 2. The molecule has 0 bridgehead atoms. The van der Waals surface area contributed by atoms with Gasteiger partial charge in [-0.2, -0.15) is 0 Å². The average molecular weight is 166 g/mol. The molecular weight excluding hydrogens is 150 g/mol. The SMILES string of the molecule is CC(C)CC(C)C(O)C(F)F. The standard InChI is InChI=1S/C8H16F2O/c1-5(2)4-6(3)7(11)8(9)10/h5-8,11H,4H2,1-3H3. The van der Waals surface area contributed by atoms with Crippen molar-refractivity contribution in [2.75, 3.05) is 0 Å². The largest absolute Gasteiger partial charge is 0.387 e. The maximum Gasteiger partial charge on any atom is 0.264 e. The lowest BCUT2D eigenvalue weighted by molar-refractivity contribution is -0.0385. The van der Waals surface area contributed by atoms with Crippen LogP contribution in [0.4, 0.5) is 8.78 Å². The van der Waals surface area contributed by atoms with Crippen molar-refractivity contribution >= 4 is 0 Å². The minimum absolute atomic E-state index is 0.310. The highest BCUT2D eigenvalue weighted by molar-refractivity contribution is 4.67. The molecule has 0 saturated carbocycles. The van der Waals surface area contributed by atoms with Gasteiger partial charge in [-0.05, 0) is 18.3 Å². The Kier molecular flexibility index (Phi) is 4.57. The normalized spacial score (nSPS) is 17.5. The van der Waals surface area contributed by atoms with E-state index < -0.39 is 12.5 Å². The third kappa shape index (κ3) is 4.30. The molecule has 68 valence electrons. The number of hydrogen-bond acceptors (Lipinski definition) is 1. The third-order valence-corrected chi connectivity index (χ3v) is 1.68. The zero-order chi connectivity index (χ0) is 9.02. The van der Waals surface area contributed by atoms with E-state index >= 15 is 0 Å². The molecule has 2 unspecified atom stereocenters. The van der Waals surface area contributed by atoms with Gasteiger partial charge in [-0.1, -0.05) is 20.8 Å². The fourth-order valence-corrected chi connectivity index (χ4v) is 1.13. The molecule has 0 aromatic carbocycles. The van der Waals surface area contributed by atoms with Gasteiger partial charge in [0, 0.05) is 0 Å². The summed E-state index contributed by atoms with van der Waals surface area (Å²) in [6, 6.07) is 0. The summed E-state index contributed by atoms with van der Waals surface area (Å²) in [6.07, 6.45) is -3.42. The van der Waals surface area contributed by atoms with E-state index in [0.29, 0.717) is 12.3 Å². The van der Waals surface area contributed by atoms with E-state index in [2.05, 4.69) is 0 Å². The second-order valence-electron chi connectivity index (χ2n) is 3.43. The lowest BCUT2D eigenvalue weighted by Gasteiger charge is -2.19. The first-order valence-electron chi connectivity index (χ1n) is 3.91. The smallest absolute Gasteiger partial charge is 0.264 e. The van der Waals surface area contributed by atoms with E-state index in [9.17, 15) is 8.78 Å². The van der Waals surface area contributed by atoms with E-state index in [0.717, 1.165) is 0 Å². The van der Waals surface area contributed by atoms with Gasteiger partial charge >= 0.3 is 0 Å². The fraction of sp³-hybridized carbons (Fsp3) is 1.00. The van der Waals surface area contributed by atoms with Gasteiger partial charge in [-0.3, -0.25) is 0 Å².